The highest BCUT2D eigenvalue weighted by atomic mass is 16.2. The number of carbonyl (C=O) groups excluding carboxylic acids is 2. The number of nitrogens with one attached hydrogen (secondary N) is 2. The molecule has 0 radical (unpaired) electrons. The minimum atomic E-state index is -0.531. The number of hydrogen-bond acceptors (Lipinski definition) is 2. The molecule has 1 unspecified atom stereocenters. The standard InChI is InChI=1S/C7H10N2O2/c10-5-1-2-7(9-5)3-4-8-6(7)11/h1-4H2,(H,8,11)(H,9,10). The lowest BCUT2D eigenvalue weighted by molar-refractivity contribution is -0.127. The Morgan fingerprint density at radius 1 is 1.27 bits per heavy atom. The molecule has 11 heavy (non-hydrogen) atoms. The van der Waals surface area contributed by atoms with Crippen LogP contribution in [0.1, 0.15) is 19.3 Å². The van der Waals surface area contributed by atoms with Gasteiger partial charge in [-0.05, 0) is 12.8 Å². The zero-order valence-electron chi connectivity index (χ0n) is 6.14. The lowest BCUT2D eigenvalue weighted by Crippen LogP contribution is -2.47. The van der Waals surface area contributed by atoms with E-state index in [4.69, 9.17) is 0 Å². The molecular weight excluding hydrogens is 144 g/mol. The second kappa shape index (κ2) is 1.96. The van der Waals surface area contributed by atoms with Crippen molar-refractivity contribution in [2.24, 2.45) is 0 Å². The quantitative estimate of drug-likeness (QED) is 0.477. The maximum absolute atomic E-state index is 11.2. The highest BCUT2D eigenvalue weighted by Crippen LogP contribution is 2.26. The average molecular weight is 154 g/mol. The van der Waals surface area contributed by atoms with Gasteiger partial charge >= 0.3 is 0 Å². The second-order valence-electron chi connectivity index (χ2n) is 3.14. The van der Waals surface area contributed by atoms with Gasteiger partial charge in [-0.15, -0.1) is 0 Å². The SMILES string of the molecule is O=C1CCC2(CCNC2=O)N1. The van der Waals surface area contributed by atoms with Crippen LogP contribution < -0.4 is 10.6 Å². The third-order valence-corrected chi connectivity index (χ3v) is 2.43. The summed E-state index contributed by atoms with van der Waals surface area (Å²) in [5.74, 6) is -0.00889. The molecule has 2 rings (SSSR count). The first-order valence-electron chi connectivity index (χ1n) is 3.82. The first-order valence-corrected chi connectivity index (χ1v) is 3.82. The van der Waals surface area contributed by atoms with Crippen molar-refractivity contribution < 1.29 is 9.59 Å². The van der Waals surface area contributed by atoms with Crippen molar-refractivity contribution in [1.82, 2.24) is 10.6 Å². The zero-order chi connectivity index (χ0) is 7.90. The van der Waals surface area contributed by atoms with E-state index in [0.29, 0.717) is 19.4 Å². The molecule has 4 heteroatoms. The smallest absolute Gasteiger partial charge is 0.245 e. The van der Waals surface area contributed by atoms with Crippen LogP contribution in [0.2, 0.25) is 0 Å². The van der Waals surface area contributed by atoms with Gasteiger partial charge in [0.05, 0.1) is 0 Å². The maximum atomic E-state index is 11.2. The van der Waals surface area contributed by atoms with Gasteiger partial charge in [-0.1, -0.05) is 0 Å². The Morgan fingerprint density at radius 2 is 2.09 bits per heavy atom. The van der Waals surface area contributed by atoms with E-state index in [1.54, 1.807) is 0 Å². The Hall–Kier alpha value is -1.06. The van der Waals surface area contributed by atoms with Gasteiger partial charge < -0.3 is 10.6 Å². The Morgan fingerprint density at radius 3 is 2.55 bits per heavy atom. The summed E-state index contributed by atoms with van der Waals surface area (Å²) in [5.41, 5.74) is -0.531. The summed E-state index contributed by atoms with van der Waals surface area (Å²) >= 11 is 0. The van der Waals surface area contributed by atoms with Crippen LogP contribution in [0.25, 0.3) is 0 Å². The third kappa shape index (κ3) is 0.818. The normalized spacial score (nSPS) is 36.0. The fourth-order valence-electron chi connectivity index (χ4n) is 1.75. The molecular formula is C7H10N2O2. The highest BCUT2D eigenvalue weighted by Gasteiger charge is 2.47. The van der Waals surface area contributed by atoms with Crippen LogP contribution in [0.15, 0.2) is 0 Å². The number of rotatable bonds is 0. The summed E-state index contributed by atoms with van der Waals surface area (Å²) in [6.07, 6.45) is 1.91. The maximum Gasteiger partial charge on any atom is 0.245 e. The molecule has 0 aliphatic carbocycles. The van der Waals surface area contributed by atoms with Crippen LogP contribution in [-0.2, 0) is 9.59 Å². The summed E-state index contributed by atoms with van der Waals surface area (Å²) in [5, 5.41) is 5.45. The molecule has 0 aromatic carbocycles. The molecule has 2 amide bonds. The monoisotopic (exact) mass is 154 g/mol. The summed E-state index contributed by atoms with van der Waals surface area (Å²) in [6, 6.07) is 0. The van der Waals surface area contributed by atoms with E-state index < -0.39 is 5.54 Å². The van der Waals surface area contributed by atoms with E-state index in [9.17, 15) is 9.59 Å². The van der Waals surface area contributed by atoms with Gasteiger partial charge in [0.25, 0.3) is 0 Å². The molecule has 0 bridgehead atoms. The molecule has 1 atom stereocenters. The van der Waals surface area contributed by atoms with Gasteiger partial charge in [-0.25, -0.2) is 0 Å². The van der Waals surface area contributed by atoms with Crippen molar-refractivity contribution in [1.29, 1.82) is 0 Å². The lowest BCUT2D eigenvalue weighted by Gasteiger charge is -2.18. The molecule has 2 N–H and O–H groups in total. The number of amides is 2. The topological polar surface area (TPSA) is 58.2 Å². The summed E-state index contributed by atoms with van der Waals surface area (Å²) in [4.78, 5) is 22.1. The van der Waals surface area contributed by atoms with Crippen molar-refractivity contribution in [2.45, 2.75) is 24.8 Å². The first kappa shape index (κ1) is 6.64. The van der Waals surface area contributed by atoms with Gasteiger partial charge in [-0.2, -0.15) is 0 Å². The molecule has 2 aliphatic rings. The van der Waals surface area contributed by atoms with Crippen LogP contribution in [0.4, 0.5) is 0 Å². The van der Waals surface area contributed by atoms with Crippen LogP contribution in [0.5, 0.6) is 0 Å². The van der Waals surface area contributed by atoms with E-state index in [1.807, 2.05) is 0 Å². The van der Waals surface area contributed by atoms with Crippen molar-refractivity contribution in [3.8, 4) is 0 Å². The molecule has 60 valence electrons. The van der Waals surface area contributed by atoms with E-state index in [2.05, 4.69) is 10.6 Å². The van der Waals surface area contributed by atoms with Crippen LogP contribution >= 0.6 is 0 Å². The molecule has 0 aromatic heterocycles. The van der Waals surface area contributed by atoms with Crippen LogP contribution in [0.3, 0.4) is 0 Å². The van der Waals surface area contributed by atoms with Crippen molar-refractivity contribution in [3.05, 3.63) is 0 Å². The Kier molecular flexibility index (Phi) is 1.19. The van der Waals surface area contributed by atoms with Crippen LogP contribution in [0, 0.1) is 0 Å². The number of hydrogen-bond donors (Lipinski definition) is 2. The predicted molar refractivity (Wildman–Crippen MR) is 37.7 cm³/mol. The van der Waals surface area contributed by atoms with E-state index >= 15 is 0 Å². The molecule has 0 saturated carbocycles. The fourth-order valence-corrected chi connectivity index (χ4v) is 1.75. The van der Waals surface area contributed by atoms with Gasteiger partial charge in [0.2, 0.25) is 11.8 Å². The Bertz CT molecular complexity index is 226. The van der Waals surface area contributed by atoms with Crippen molar-refractivity contribution in [2.75, 3.05) is 6.54 Å². The van der Waals surface area contributed by atoms with E-state index in [1.165, 1.54) is 0 Å². The zero-order valence-corrected chi connectivity index (χ0v) is 6.14. The summed E-state index contributed by atoms with van der Waals surface area (Å²) in [6.45, 7) is 0.694. The largest absolute Gasteiger partial charge is 0.354 e. The summed E-state index contributed by atoms with van der Waals surface area (Å²) in [7, 11) is 0. The third-order valence-electron chi connectivity index (χ3n) is 2.43. The molecule has 0 aromatic rings. The first-order chi connectivity index (χ1) is 5.23. The fraction of sp³-hybridized carbons (Fsp3) is 0.714. The molecule has 2 fully saturated rings. The van der Waals surface area contributed by atoms with E-state index in [0.717, 1.165) is 6.42 Å². The molecule has 2 aliphatic heterocycles. The van der Waals surface area contributed by atoms with E-state index in [-0.39, 0.29) is 11.8 Å². The Labute approximate surface area is 64.3 Å². The highest BCUT2D eigenvalue weighted by molar-refractivity contribution is 5.96. The second-order valence-corrected chi connectivity index (χ2v) is 3.14. The minimum absolute atomic E-state index is 0.00190. The lowest BCUT2D eigenvalue weighted by atomic mass is 9.96. The molecule has 2 heterocycles. The van der Waals surface area contributed by atoms with Gasteiger partial charge in [0.1, 0.15) is 5.54 Å². The minimum Gasteiger partial charge on any atom is -0.354 e. The molecule has 4 nitrogen and oxygen atoms in total. The van der Waals surface area contributed by atoms with Gasteiger partial charge in [0.15, 0.2) is 0 Å². The van der Waals surface area contributed by atoms with Gasteiger partial charge in [-0.3, -0.25) is 9.59 Å². The van der Waals surface area contributed by atoms with Crippen molar-refractivity contribution in [3.63, 3.8) is 0 Å². The molecule has 2 saturated heterocycles. The average Bonchev–Trinajstić information content (AvgIpc) is 2.46. The summed E-state index contributed by atoms with van der Waals surface area (Å²) < 4.78 is 0. The van der Waals surface area contributed by atoms with Crippen LogP contribution in [-0.4, -0.2) is 23.9 Å². The van der Waals surface area contributed by atoms with Gasteiger partial charge in [0, 0.05) is 13.0 Å². The number of carbonyl (C=O) groups is 2. The Balaban J connectivity index is 2.22. The predicted octanol–water partition coefficient (Wildman–Crippen LogP) is -0.845. The molecule has 1 spiro atoms. The van der Waals surface area contributed by atoms with Crippen molar-refractivity contribution >= 4 is 11.8 Å².